The molecule has 2 aromatic carbocycles. The number of thioether (sulfide) groups is 1. The van der Waals surface area contributed by atoms with E-state index in [9.17, 15) is 5.26 Å². The molecule has 0 fully saturated rings. The molecule has 0 aliphatic heterocycles. The third kappa shape index (κ3) is 3.57. The Labute approximate surface area is 174 Å². The highest BCUT2D eigenvalue weighted by Gasteiger charge is 2.18. The van der Waals surface area contributed by atoms with E-state index in [1.165, 1.54) is 17.3 Å². The third-order valence-electron chi connectivity index (χ3n) is 4.97. The Kier molecular flexibility index (Phi) is 5.24. The minimum Gasteiger partial charge on any atom is -0.351 e. The van der Waals surface area contributed by atoms with Crippen LogP contribution in [0.15, 0.2) is 59.6 Å². The van der Waals surface area contributed by atoms with Crippen molar-refractivity contribution in [3.63, 3.8) is 0 Å². The number of nitrogens with zero attached hydrogens (tertiary/aromatic N) is 4. The van der Waals surface area contributed by atoms with E-state index in [1.54, 1.807) is 0 Å². The van der Waals surface area contributed by atoms with Crippen molar-refractivity contribution in [3.8, 4) is 6.07 Å². The molecule has 2 heterocycles. The van der Waals surface area contributed by atoms with E-state index in [4.69, 9.17) is 5.10 Å². The van der Waals surface area contributed by atoms with Crippen molar-refractivity contribution >= 4 is 34.0 Å². The summed E-state index contributed by atoms with van der Waals surface area (Å²) in [5, 5.41) is 19.7. The minimum atomic E-state index is 0.561. The van der Waals surface area contributed by atoms with Crippen molar-refractivity contribution in [2.75, 3.05) is 11.6 Å². The number of fused-ring (bicyclic) bond motifs is 1. The standard InChI is InChI=1S/C23H21N5S/c1-15-21(16(2)28(27-15)14-17-9-5-4-6-10-17)26-22-18-11-7-8-12-20(18)25-23(29-3)19(22)13-24/h4-12H,14H2,1-3H3,(H,25,26). The first-order valence-electron chi connectivity index (χ1n) is 9.34. The van der Waals surface area contributed by atoms with Gasteiger partial charge in [-0.1, -0.05) is 48.5 Å². The number of para-hydroxylation sites is 1. The molecule has 144 valence electrons. The number of benzene rings is 2. The van der Waals surface area contributed by atoms with Crippen LogP contribution in [0.1, 0.15) is 22.5 Å². The largest absolute Gasteiger partial charge is 0.351 e. The molecule has 4 rings (SSSR count). The normalized spacial score (nSPS) is 10.8. The second-order valence-electron chi connectivity index (χ2n) is 6.81. The highest BCUT2D eigenvalue weighted by Crippen LogP contribution is 2.35. The van der Waals surface area contributed by atoms with Crippen LogP contribution in [0.25, 0.3) is 10.9 Å². The second-order valence-corrected chi connectivity index (χ2v) is 7.61. The molecule has 0 spiro atoms. The zero-order valence-corrected chi connectivity index (χ0v) is 17.4. The van der Waals surface area contributed by atoms with Gasteiger partial charge in [-0.3, -0.25) is 4.68 Å². The first kappa shape index (κ1) is 19.0. The molecular formula is C23H21N5S. The third-order valence-corrected chi connectivity index (χ3v) is 5.65. The number of hydrogen-bond donors (Lipinski definition) is 1. The summed E-state index contributed by atoms with van der Waals surface area (Å²) in [5.41, 5.74) is 6.27. The lowest BCUT2D eigenvalue weighted by Crippen LogP contribution is -2.05. The lowest BCUT2D eigenvalue weighted by Gasteiger charge is -2.14. The molecule has 0 aliphatic rings. The van der Waals surface area contributed by atoms with Crippen LogP contribution in [0.3, 0.4) is 0 Å². The van der Waals surface area contributed by atoms with Crippen LogP contribution in [0, 0.1) is 25.2 Å². The van der Waals surface area contributed by atoms with Crippen molar-refractivity contribution < 1.29 is 0 Å². The Morgan fingerprint density at radius 1 is 1.03 bits per heavy atom. The van der Waals surface area contributed by atoms with Gasteiger partial charge in [0.1, 0.15) is 16.7 Å². The SMILES string of the molecule is CSc1nc2ccccc2c(Nc2c(C)nn(Cc3ccccc3)c2C)c1C#N. The zero-order valence-electron chi connectivity index (χ0n) is 16.6. The number of nitrogens with one attached hydrogen (secondary N) is 1. The van der Waals surface area contributed by atoms with Gasteiger partial charge in [0, 0.05) is 5.39 Å². The summed E-state index contributed by atoms with van der Waals surface area (Å²) >= 11 is 1.48. The predicted octanol–water partition coefficient (Wildman–Crippen LogP) is 5.43. The summed E-state index contributed by atoms with van der Waals surface area (Å²) in [6.45, 7) is 4.74. The molecule has 6 heteroatoms. The number of rotatable bonds is 5. The maximum absolute atomic E-state index is 9.84. The zero-order chi connectivity index (χ0) is 20.4. The first-order valence-corrected chi connectivity index (χ1v) is 10.6. The molecule has 0 unspecified atom stereocenters. The van der Waals surface area contributed by atoms with Crippen LogP contribution in [-0.4, -0.2) is 21.0 Å². The highest BCUT2D eigenvalue weighted by molar-refractivity contribution is 7.98. The molecule has 0 saturated heterocycles. The summed E-state index contributed by atoms with van der Waals surface area (Å²) in [5.74, 6) is 0. The Hall–Kier alpha value is -3.30. The monoisotopic (exact) mass is 399 g/mol. The molecule has 0 radical (unpaired) electrons. The van der Waals surface area contributed by atoms with Gasteiger partial charge in [0.05, 0.1) is 34.8 Å². The lowest BCUT2D eigenvalue weighted by molar-refractivity contribution is 0.659. The van der Waals surface area contributed by atoms with Gasteiger partial charge >= 0.3 is 0 Å². The maximum atomic E-state index is 9.84. The fraction of sp³-hybridized carbons (Fsp3) is 0.174. The summed E-state index contributed by atoms with van der Waals surface area (Å²) in [7, 11) is 0. The Morgan fingerprint density at radius 2 is 1.76 bits per heavy atom. The molecule has 0 atom stereocenters. The Morgan fingerprint density at radius 3 is 2.48 bits per heavy atom. The van der Waals surface area contributed by atoms with Gasteiger partial charge in [0.15, 0.2) is 0 Å². The van der Waals surface area contributed by atoms with E-state index in [2.05, 4.69) is 35.4 Å². The molecule has 0 saturated carbocycles. The predicted molar refractivity (Wildman–Crippen MR) is 119 cm³/mol. The van der Waals surface area contributed by atoms with Crippen LogP contribution in [-0.2, 0) is 6.54 Å². The van der Waals surface area contributed by atoms with Gasteiger partial charge in [-0.15, -0.1) is 11.8 Å². The molecule has 4 aromatic rings. The number of nitriles is 1. The molecular weight excluding hydrogens is 378 g/mol. The van der Waals surface area contributed by atoms with Gasteiger partial charge in [0.2, 0.25) is 0 Å². The topological polar surface area (TPSA) is 66.5 Å². The average molecular weight is 400 g/mol. The average Bonchev–Trinajstić information content (AvgIpc) is 3.01. The molecule has 29 heavy (non-hydrogen) atoms. The highest BCUT2D eigenvalue weighted by atomic mass is 32.2. The van der Waals surface area contributed by atoms with Crippen molar-refractivity contribution in [1.29, 1.82) is 5.26 Å². The Bertz CT molecular complexity index is 1220. The molecule has 2 aromatic heterocycles. The smallest absolute Gasteiger partial charge is 0.116 e. The van der Waals surface area contributed by atoms with Crippen molar-refractivity contribution in [2.24, 2.45) is 0 Å². The fourth-order valence-corrected chi connectivity index (χ4v) is 4.03. The van der Waals surface area contributed by atoms with Crippen LogP contribution >= 0.6 is 11.8 Å². The van der Waals surface area contributed by atoms with Crippen molar-refractivity contribution in [1.82, 2.24) is 14.8 Å². The van der Waals surface area contributed by atoms with E-state index in [1.807, 2.05) is 60.3 Å². The van der Waals surface area contributed by atoms with Crippen LogP contribution < -0.4 is 5.32 Å². The van der Waals surface area contributed by atoms with Gasteiger partial charge in [-0.25, -0.2) is 4.98 Å². The quantitative estimate of drug-likeness (QED) is 0.453. The van der Waals surface area contributed by atoms with E-state index < -0.39 is 0 Å². The van der Waals surface area contributed by atoms with Gasteiger partial charge < -0.3 is 5.32 Å². The Balaban J connectivity index is 1.81. The summed E-state index contributed by atoms with van der Waals surface area (Å²) < 4.78 is 2.00. The number of anilines is 2. The minimum absolute atomic E-state index is 0.561. The summed E-state index contributed by atoms with van der Waals surface area (Å²) in [4.78, 5) is 4.65. The van der Waals surface area contributed by atoms with Gasteiger partial charge in [0.25, 0.3) is 0 Å². The number of pyridine rings is 1. The lowest BCUT2D eigenvalue weighted by atomic mass is 10.1. The molecule has 1 N–H and O–H groups in total. The first-order chi connectivity index (χ1) is 14.1. The van der Waals surface area contributed by atoms with Crippen molar-refractivity contribution in [3.05, 3.63) is 77.1 Å². The molecule has 5 nitrogen and oxygen atoms in total. The maximum Gasteiger partial charge on any atom is 0.116 e. The van der Waals surface area contributed by atoms with Gasteiger partial charge in [-0.2, -0.15) is 10.4 Å². The fourth-order valence-electron chi connectivity index (χ4n) is 3.48. The second kappa shape index (κ2) is 7.98. The summed E-state index contributed by atoms with van der Waals surface area (Å²) in [6, 6.07) is 20.5. The van der Waals surface area contributed by atoms with Crippen LogP contribution in [0.4, 0.5) is 11.4 Å². The van der Waals surface area contributed by atoms with Crippen LogP contribution in [0.2, 0.25) is 0 Å². The molecule has 0 bridgehead atoms. The van der Waals surface area contributed by atoms with Crippen molar-refractivity contribution in [2.45, 2.75) is 25.4 Å². The van der Waals surface area contributed by atoms with E-state index >= 15 is 0 Å². The van der Waals surface area contributed by atoms with Crippen LogP contribution in [0.5, 0.6) is 0 Å². The van der Waals surface area contributed by atoms with E-state index in [-0.39, 0.29) is 0 Å². The number of aromatic nitrogens is 3. The number of hydrogen-bond acceptors (Lipinski definition) is 5. The van der Waals surface area contributed by atoms with Gasteiger partial charge in [-0.05, 0) is 31.7 Å². The van der Waals surface area contributed by atoms with E-state index in [0.717, 1.165) is 38.7 Å². The van der Waals surface area contributed by atoms with E-state index in [0.29, 0.717) is 12.1 Å². The molecule has 0 aliphatic carbocycles. The summed E-state index contributed by atoms with van der Waals surface area (Å²) in [6.07, 6.45) is 1.94. The number of aryl methyl sites for hydroxylation is 1. The molecule has 0 amide bonds.